The Morgan fingerprint density at radius 3 is 2.26 bits per heavy atom. The second-order valence-electron chi connectivity index (χ2n) is 4.48. The van der Waals surface area contributed by atoms with Gasteiger partial charge in [-0.3, -0.25) is 4.79 Å². The molecular formula is C17H17NO. The third-order valence-corrected chi connectivity index (χ3v) is 2.97. The van der Waals surface area contributed by atoms with E-state index in [0.29, 0.717) is 0 Å². The molecule has 0 heterocycles. The summed E-state index contributed by atoms with van der Waals surface area (Å²) in [6.07, 6.45) is 3.43. The molecule has 0 spiro atoms. The van der Waals surface area contributed by atoms with Gasteiger partial charge in [0.1, 0.15) is 0 Å². The maximum atomic E-state index is 12.0. The SMILES string of the molecule is Cc1ccc(C=CC(=O)N(C)c2ccccc2)cc1. The largest absolute Gasteiger partial charge is 0.312 e. The van der Waals surface area contributed by atoms with E-state index in [0.717, 1.165) is 11.3 Å². The van der Waals surface area contributed by atoms with Gasteiger partial charge in [-0.05, 0) is 30.7 Å². The molecule has 2 nitrogen and oxygen atoms in total. The molecule has 0 saturated carbocycles. The van der Waals surface area contributed by atoms with Gasteiger partial charge in [0.05, 0.1) is 0 Å². The molecule has 2 rings (SSSR count). The molecule has 0 aromatic heterocycles. The van der Waals surface area contributed by atoms with Crippen molar-refractivity contribution in [3.63, 3.8) is 0 Å². The van der Waals surface area contributed by atoms with Crippen molar-refractivity contribution in [1.29, 1.82) is 0 Å². The summed E-state index contributed by atoms with van der Waals surface area (Å²) in [5.74, 6) is -0.0354. The van der Waals surface area contributed by atoms with E-state index in [9.17, 15) is 4.79 Å². The molecule has 0 bridgehead atoms. The molecule has 0 aliphatic rings. The minimum Gasteiger partial charge on any atom is -0.312 e. The highest BCUT2D eigenvalue weighted by atomic mass is 16.2. The molecule has 2 aromatic rings. The van der Waals surface area contributed by atoms with Gasteiger partial charge in [-0.1, -0.05) is 48.0 Å². The van der Waals surface area contributed by atoms with Crippen LogP contribution in [0.1, 0.15) is 11.1 Å². The maximum absolute atomic E-state index is 12.0. The summed E-state index contributed by atoms with van der Waals surface area (Å²) < 4.78 is 0. The number of carbonyl (C=O) groups is 1. The van der Waals surface area contributed by atoms with Crippen LogP contribution in [0.25, 0.3) is 6.08 Å². The van der Waals surface area contributed by atoms with Crippen molar-refractivity contribution in [1.82, 2.24) is 0 Å². The summed E-state index contributed by atoms with van der Waals surface area (Å²) in [6, 6.07) is 17.7. The Morgan fingerprint density at radius 2 is 1.63 bits per heavy atom. The lowest BCUT2D eigenvalue weighted by Gasteiger charge is -2.14. The predicted octanol–water partition coefficient (Wildman–Crippen LogP) is 3.67. The average molecular weight is 251 g/mol. The van der Waals surface area contributed by atoms with Crippen molar-refractivity contribution in [2.75, 3.05) is 11.9 Å². The molecule has 1 amide bonds. The van der Waals surface area contributed by atoms with Gasteiger partial charge in [-0.25, -0.2) is 0 Å². The number of amides is 1. The van der Waals surface area contributed by atoms with Gasteiger partial charge >= 0.3 is 0 Å². The van der Waals surface area contributed by atoms with Crippen molar-refractivity contribution in [3.8, 4) is 0 Å². The van der Waals surface area contributed by atoms with E-state index in [2.05, 4.69) is 0 Å². The minimum atomic E-state index is -0.0354. The fraction of sp³-hybridized carbons (Fsp3) is 0.118. The first kappa shape index (κ1) is 13.1. The first-order chi connectivity index (χ1) is 9.16. The highest BCUT2D eigenvalue weighted by Gasteiger charge is 2.06. The minimum absolute atomic E-state index is 0.0354. The van der Waals surface area contributed by atoms with Crippen LogP contribution in [0.5, 0.6) is 0 Å². The van der Waals surface area contributed by atoms with Crippen LogP contribution in [0.3, 0.4) is 0 Å². The molecule has 96 valence electrons. The van der Waals surface area contributed by atoms with Gasteiger partial charge in [0.2, 0.25) is 0 Å². The Balaban J connectivity index is 2.07. The summed E-state index contributed by atoms with van der Waals surface area (Å²) in [4.78, 5) is 13.7. The van der Waals surface area contributed by atoms with E-state index in [1.807, 2.05) is 67.6 Å². The maximum Gasteiger partial charge on any atom is 0.250 e. The third-order valence-electron chi connectivity index (χ3n) is 2.97. The van der Waals surface area contributed by atoms with E-state index in [4.69, 9.17) is 0 Å². The van der Waals surface area contributed by atoms with Gasteiger partial charge < -0.3 is 4.90 Å². The zero-order valence-electron chi connectivity index (χ0n) is 11.2. The number of anilines is 1. The van der Waals surface area contributed by atoms with Crippen LogP contribution in [-0.4, -0.2) is 13.0 Å². The predicted molar refractivity (Wildman–Crippen MR) is 80.1 cm³/mol. The van der Waals surface area contributed by atoms with Gasteiger partial charge in [-0.15, -0.1) is 0 Å². The van der Waals surface area contributed by atoms with Crippen molar-refractivity contribution in [2.45, 2.75) is 6.92 Å². The molecule has 0 aliphatic heterocycles. The monoisotopic (exact) mass is 251 g/mol. The van der Waals surface area contributed by atoms with E-state index in [1.165, 1.54) is 5.56 Å². The molecule has 0 saturated heterocycles. The van der Waals surface area contributed by atoms with Crippen LogP contribution >= 0.6 is 0 Å². The molecule has 2 aromatic carbocycles. The molecular weight excluding hydrogens is 234 g/mol. The van der Waals surface area contributed by atoms with E-state index in [1.54, 1.807) is 18.0 Å². The number of carbonyl (C=O) groups excluding carboxylic acids is 1. The second-order valence-corrected chi connectivity index (χ2v) is 4.48. The van der Waals surface area contributed by atoms with Crippen LogP contribution in [0.2, 0.25) is 0 Å². The fourth-order valence-corrected chi connectivity index (χ4v) is 1.74. The van der Waals surface area contributed by atoms with Gasteiger partial charge in [0.15, 0.2) is 0 Å². The smallest absolute Gasteiger partial charge is 0.250 e. The number of para-hydroxylation sites is 1. The zero-order chi connectivity index (χ0) is 13.7. The fourth-order valence-electron chi connectivity index (χ4n) is 1.74. The summed E-state index contributed by atoms with van der Waals surface area (Å²) in [7, 11) is 1.77. The van der Waals surface area contributed by atoms with Crippen molar-refractivity contribution < 1.29 is 4.79 Å². The summed E-state index contributed by atoms with van der Waals surface area (Å²) >= 11 is 0. The highest BCUT2D eigenvalue weighted by molar-refractivity contribution is 6.03. The molecule has 0 atom stereocenters. The van der Waals surface area contributed by atoms with E-state index >= 15 is 0 Å². The molecule has 0 unspecified atom stereocenters. The summed E-state index contributed by atoms with van der Waals surface area (Å²) in [5, 5.41) is 0. The van der Waals surface area contributed by atoms with Gasteiger partial charge in [0, 0.05) is 18.8 Å². The molecule has 0 fully saturated rings. The molecule has 0 aliphatic carbocycles. The Morgan fingerprint density at radius 1 is 1.00 bits per heavy atom. The highest BCUT2D eigenvalue weighted by Crippen LogP contribution is 2.12. The zero-order valence-corrected chi connectivity index (χ0v) is 11.2. The Hall–Kier alpha value is -2.35. The lowest BCUT2D eigenvalue weighted by Crippen LogP contribution is -2.23. The molecule has 19 heavy (non-hydrogen) atoms. The van der Waals surface area contributed by atoms with Gasteiger partial charge in [-0.2, -0.15) is 0 Å². The second kappa shape index (κ2) is 6.01. The molecule has 0 N–H and O–H groups in total. The summed E-state index contributed by atoms with van der Waals surface area (Å²) in [5.41, 5.74) is 3.13. The van der Waals surface area contributed by atoms with Crippen LogP contribution in [-0.2, 0) is 4.79 Å². The standard InChI is InChI=1S/C17H17NO/c1-14-8-10-15(11-9-14)12-13-17(19)18(2)16-6-4-3-5-7-16/h3-13H,1-2H3. The number of likely N-dealkylation sites (N-methyl/N-ethyl adjacent to an activating group) is 1. The Kier molecular flexibility index (Phi) is 4.14. The first-order valence-electron chi connectivity index (χ1n) is 6.24. The van der Waals surface area contributed by atoms with Crippen LogP contribution in [0, 0.1) is 6.92 Å². The van der Waals surface area contributed by atoms with Crippen LogP contribution < -0.4 is 4.90 Å². The number of aryl methyl sites for hydroxylation is 1. The van der Waals surface area contributed by atoms with Crippen molar-refractivity contribution in [2.24, 2.45) is 0 Å². The quantitative estimate of drug-likeness (QED) is 0.762. The molecule has 0 radical (unpaired) electrons. The lowest BCUT2D eigenvalue weighted by molar-refractivity contribution is -0.113. The third kappa shape index (κ3) is 3.55. The van der Waals surface area contributed by atoms with Crippen molar-refractivity contribution in [3.05, 3.63) is 71.8 Å². The first-order valence-corrected chi connectivity index (χ1v) is 6.24. The normalized spacial score (nSPS) is 10.6. The van der Waals surface area contributed by atoms with E-state index < -0.39 is 0 Å². The van der Waals surface area contributed by atoms with E-state index in [-0.39, 0.29) is 5.91 Å². The van der Waals surface area contributed by atoms with Gasteiger partial charge in [0.25, 0.3) is 5.91 Å². The topological polar surface area (TPSA) is 20.3 Å². The lowest BCUT2D eigenvalue weighted by atomic mass is 10.1. The Bertz CT molecular complexity index is 570. The number of benzene rings is 2. The average Bonchev–Trinajstić information content (AvgIpc) is 2.46. The molecule has 2 heteroatoms. The number of hydrogen-bond acceptors (Lipinski definition) is 1. The number of hydrogen-bond donors (Lipinski definition) is 0. The number of nitrogens with zero attached hydrogens (tertiary/aromatic N) is 1. The van der Waals surface area contributed by atoms with Crippen LogP contribution in [0.4, 0.5) is 5.69 Å². The Labute approximate surface area is 114 Å². The summed E-state index contributed by atoms with van der Waals surface area (Å²) in [6.45, 7) is 2.04. The number of rotatable bonds is 3. The van der Waals surface area contributed by atoms with Crippen LogP contribution in [0.15, 0.2) is 60.7 Å². The van der Waals surface area contributed by atoms with Crippen molar-refractivity contribution >= 4 is 17.7 Å².